The van der Waals surface area contributed by atoms with Crippen molar-refractivity contribution in [1.82, 2.24) is 0 Å². The Hall–Kier alpha value is 0.530. The zero-order chi connectivity index (χ0) is 8.43. The largest absolute Gasteiger partial charge is 0.127 e. The van der Waals surface area contributed by atoms with E-state index in [2.05, 4.69) is 57.2 Å². The van der Waals surface area contributed by atoms with Crippen LogP contribution in [0.15, 0.2) is 26.0 Å². The average molecular weight is 296 g/mol. The molecule has 1 rings (SSSR count). The number of thioether (sulfide) groups is 1. The molecule has 0 aromatic heterocycles. The van der Waals surface area contributed by atoms with Gasteiger partial charge in [-0.25, -0.2) is 0 Å². The van der Waals surface area contributed by atoms with Crippen LogP contribution < -0.4 is 0 Å². The molecule has 0 radical (unpaired) electrons. The van der Waals surface area contributed by atoms with Crippen LogP contribution in [0.1, 0.15) is 5.56 Å². The maximum Gasteiger partial charge on any atom is 0.0354 e. The predicted octanol–water partition coefficient (Wildman–Crippen LogP) is 4.24. The van der Waals surface area contributed by atoms with Gasteiger partial charge in [0.05, 0.1) is 0 Å². The van der Waals surface area contributed by atoms with Gasteiger partial charge in [-0.2, -0.15) is 0 Å². The van der Waals surface area contributed by atoms with Gasteiger partial charge in [0, 0.05) is 13.8 Å². The molecule has 0 aliphatic carbocycles. The molecule has 0 spiro atoms. The summed E-state index contributed by atoms with van der Waals surface area (Å²) >= 11 is 8.75. The standard InChI is InChI=1S/C8H8Br2S/c1-5-3-6(9)8(11-2)7(10)4-5/h3-4H,1-2H3. The highest BCUT2D eigenvalue weighted by molar-refractivity contribution is 9.11. The molecule has 0 bridgehead atoms. The summed E-state index contributed by atoms with van der Waals surface area (Å²) in [7, 11) is 0. The highest BCUT2D eigenvalue weighted by Crippen LogP contribution is 2.33. The van der Waals surface area contributed by atoms with Gasteiger partial charge in [0.1, 0.15) is 0 Å². The monoisotopic (exact) mass is 294 g/mol. The van der Waals surface area contributed by atoms with E-state index in [1.807, 2.05) is 0 Å². The number of halogens is 2. The van der Waals surface area contributed by atoms with Crippen LogP contribution in [-0.2, 0) is 0 Å². The fourth-order valence-electron chi connectivity index (χ4n) is 0.882. The van der Waals surface area contributed by atoms with Crippen molar-refractivity contribution in [3.05, 3.63) is 26.6 Å². The first-order valence-corrected chi connectivity index (χ1v) is 5.96. The SMILES string of the molecule is CSc1c(Br)cc(C)cc1Br. The van der Waals surface area contributed by atoms with Crippen LogP contribution in [0.25, 0.3) is 0 Å². The van der Waals surface area contributed by atoms with Crippen molar-refractivity contribution >= 4 is 43.6 Å². The van der Waals surface area contributed by atoms with Crippen molar-refractivity contribution < 1.29 is 0 Å². The van der Waals surface area contributed by atoms with Crippen LogP contribution in [0.4, 0.5) is 0 Å². The van der Waals surface area contributed by atoms with Gasteiger partial charge in [0.2, 0.25) is 0 Å². The lowest BCUT2D eigenvalue weighted by Crippen LogP contribution is -1.79. The highest BCUT2D eigenvalue weighted by atomic mass is 79.9. The lowest BCUT2D eigenvalue weighted by atomic mass is 10.2. The number of rotatable bonds is 1. The molecule has 0 aliphatic heterocycles. The van der Waals surface area contributed by atoms with E-state index in [1.54, 1.807) is 11.8 Å². The van der Waals surface area contributed by atoms with E-state index >= 15 is 0 Å². The molecule has 0 amide bonds. The molecule has 11 heavy (non-hydrogen) atoms. The van der Waals surface area contributed by atoms with Crippen molar-refractivity contribution in [2.75, 3.05) is 6.26 Å². The van der Waals surface area contributed by atoms with Gasteiger partial charge < -0.3 is 0 Å². The smallest absolute Gasteiger partial charge is 0.0354 e. The topological polar surface area (TPSA) is 0 Å². The zero-order valence-corrected chi connectivity index (χ0v) is 10.3. The van der Waals surface area contributed by atoms with Crippen LogP contribution in [0.2, 0.25) is 0 Å². The second kappa shape index (κ2) is 3.97. The zero-order valence-electron chi connectivity index (χ0n) is 6.32. The molecule has 0 atom stereocenters. The van der Waals surface area contributed by atoms with Crippen molar-refractivity contribution in [1.29, 1.82) is 0 Å². The molecule has 0 saturated carbocycles. The van der Waals surface area contributed by atoms with Crippen molar-refractivity contribution in [2.45, 2.75) is 11.8 Å². The number of hydrogen-bond donors (Lipinski definition) is 0. The lowest BCUT2D eigenvalue weighted by molar-refractivity contribution is 1.30. The molecular formula is C8H8Br2S. The summed E-state index contributed by atoms with van der Waals surface area (Å²) in [6.07, 6.45) is 2.07. The van der Waals surface area contributed by atoms with Gasteiger partial charge in [-0.15, -0.1) is 11.8 Å². The van der Waals surface area contributed by atoms with E-state index in [9.17, 15) is 0 Å². The van der Waals surface area contributed by atoms with Gasteiger partial charge in [0.25, 0.3) is 0 Å². The molecule has 0 fully saturated rings. The summed E-state index contributed by atoms with van der Waals surface area (Å²) in [5, 5.41) is 0. The second-order valence-corrected chi connectivity index (χ2v) is 4.79. The molecule has 0 saturated heterocycles. The molecule has 0 N–H and O–H groups in total. The summed E-state index contributed by atoms with van der Waals surface area (Å²) in [6, 6.07) is 4.24. The fraction of sp³-hybridized carbons (Fsp3) is 0.250. The van der Waals surface area contributed by atoms with E-state index in [0.29, 0.717) is 0 Å². The summed E-state index contributed by atoms with van der Waals surface area (Å²) < 4.78 is 2.33. The average Bonchev–Trinajstić information content (AvgIpc) is 1.85. The quantitative estimate of drug-likeness (QED) is 0.698. The molecule has 1 aromatic rings. The Balaban J connectivity index is 3.25. The Kier molecular flexibility index (Phi) is 3.47. The second-order valence-electron chi connectivity index (χ2n) is 2.26. The first-order valence-electron chi connectivity index (χ1n) is 3.15. The number of aryl methyl sites for hydroxylation is 1. The van der Waals surface area contributed by atoms with E-state index in [0.717, 1.165) is 8.95 Å². The lowest BCUT2D eigenvalue weighted by Gasteiger charge is -2.04. The van der Waals surface area contributed by atoms with Gasteiger partial charge >= 0.3 is 0 Å². The Labute approximate surface area is 88.0 Å². The van der Waals surface area contributed by atoms with Crippen LogP contribution in [0.5, 0.6) is 0 Å². The van der Waals surface area contributed by atoms with Crippen molar-refractivity contribution in [3.8, 4) is 0 Å². The van der Waals surface area contributed by atoms with Crippen LogP contribution >= 0.6 is 43.6 Å². The normalized spacial score (nSPS) is 10.2. The summed E-state index contributed by atoms with van der Waals surface area (Å²) in [5.74, 6) is 0. The number of benzene rings is 1. The molecule has 0 nitrogen and oxygen atoms in total. The predicted molar refractivity (Wildman–Crippen MR) is 58.4 cm³/mol. The Bertz CT molecular complexity index is 248. The maximum absolute atomic E-state index is 3.51. The van der Waals surface area contributed by atoms with Crippen LogP contribution in [-0.4, -0.2) is 6.26 Å². The third kappa shape index (κ3) is 2.23. The highest BCUT2D eigenvalue weighted by Gasteiger charge is 2.03. The third-order valence-corrected chi connectivity index (χ3v) is 3.97. The molecular weight excluding hydrogens is 288 g/mol. The first-order chi connectivity index (χ1) is 5.15. The summed E-state index contributed by atoms with van der Waals surface area (Å²) in [4.78, 5) is 1.26. The van der Waals surface area contributed by atoms with Crippen LogP contribution in [0.3, 0.4) is 0 Å². The summed E-state index contributed by atoms with van der Waals surface area (Å²) in [6.45, 7) is 2.08. The first kappa shape index (κ1) is 9.62. The molecule has 3 heteroatoms. The van der Waals surface area contributed by atoms with E-state index in [4.69, 9.17) is 0 Å². The van der Waals surface area contributed by atoms with Gasteiger partial charge in [-0.1, -0.05) is 0 Å². The van der Waals surface area contributed by atoms with Crippen molar-refractivity contribution in [3.63, 3.8) is 0 Å². The minimum atomic E-state index is 1.16. The molecule has 0 aliphatic rings. The van der Waals surface area contributed by atoms with Gasteiger partial charge in [-0.05, 0) is 62.7 Å². The molecule has 60 valence electrons. The maximum atomic E-state index is 3.51. The molecule has 1 aromatic carbocycles. The Morgan fingerprint density at radius 2 is 1.64 bits per heavy atom. The van der Waals surface area contributed by atoms with E-state index in [-0.39, 0.29) is 0 Å². The third-order valence-electron chi connectivity index (χ3n) is 1.35. The molecule has 0 unspecified atom stereocenters. The fourth-order valence-corrected chi connectivity index (χ4v) is 3.78. The minimum Gasteiger partial charge on any atom is -0.127 e. The molecule has 0 heterocycles. The van der Waals surface area contributed by atoms with Crippen molar-refractivity contribution in [2.24, 2.45) is 0 Å². The van der Waals surface area contributed by atoms with Crippen LogP contribution in [0, 0.1) is 6.92 Å². The van der Waals surface area contributed by atoms with Gasteiger partial charge in [0.15, 0.2) is 0 Å². The Morgan fingerprint density at radius 1 is 1.18 bits per heavy atom. The number of hydrogen-bond acceptors (Lipinski definition) is 1. The van der Waals surface area contributed by atoms with Gasteiger partial charge in [-0.3, -0.25) is 0 Å². The minimum absolute atomic E-state index is 1.16. The van der Waals surface area contributed by atoms with E-state index < -0.39 is 0 Å². The summed E-state index contributed by atoms with van der Waals surface area (Å²) in [5.41, 5.74) is 1.27. The Morgan fingerprint density at radius 3 is 2.00 bits per heavy atom. The van der Waals surface area contributed by atoms with E-state index in [1.165, 1.54) is 10.5 Å².